The van der Waals surface area contributed by atoms with Gasteiger partial charge in [0.1, 0.15) is 0 Å². The van der Waals surface area contributed by atoms with Crippen molar-refractivity contribution in [2.45, 2.75) is 58.7 Å². The predicted molar refractivity (Wildman–Crippen MR) is 86.2 cm³/mol. The van der Waals surface area contributed by atoms with Gasteiger partial charge in [0, 0.05) is 25.6 Å². The Morgan fingerprint density at radius 1 is 1.36 bits per heavy atom. The van der Waals surface area contributed by atoms with Crippen LogP contribution in [0.2, 0.25) is 0 Å². The zero-order valence-corrected chi connectivity index (χ0v) is 14.9. The Bertz CT molecular complexity index is 436. The summed E-state index contributed by atoms with van der Waals surface area (Å²) in [5.41, 5.74) is 5.40. The molecule has 0 aromatic heterocycles. The zero-order valence-electron chi connectivity index (χ0n) is 14.9. The van der Waals surface area contributed by atoms with Crippen LogP contribution in [0.4, 0.5) is 0 Å². The van der Waals surface area contributed by atoms with E-state index in [0.29, 0.717) is 0 Å². The lowest BCUT2D eigenvalue weighted by atomic mass is 9.55. The second-order valence-corrected chi connectivity index (χ2v) is 7.37. The number of rotatable bonds is 6. The Kier molecular flexibility index (Phi) is 5.62. The Balaban J connectivity index is 2.56. The minimum atomic E-state index is -0.588. The molecule has 2 amide bonds. The molecule has 1 fully saturated rings. The third-order valence-corrected chi connectivity index (χ3v) is 5.53. The molecule has 0 aromatic rings. The van der Waals surface area contributed by atoms with Crippen LogP contribution in [0.25, 0.3) is 0 Å². The predicted octanol–water partition coefficient (Wildman–Crippen LogP) is 0.748. The van der Waals surface area contributed by atoms with E-state index in [9.17, 15) is 9.59 Å². The fourth-order valence-corrected chi connectivity index (χ4v) is 2.96. The highest BCUT2D eigenvalue weighted by Crippen LogP contribution is 2.53. The van der Waals surface area contributed by atoms with E-state index in [1.54, 1.807) is 19.1 Å². The van der Waals surface area contributed by atoms with Crippen molar-refractivity contribution < 1.29 is 14.3 Å². The van der Waals surface area contributed by atoms with E-state index < -0.39 is 6.04 Å². The first-order valence-electron chi connectivity index (χ1n) is 7.82. The molecule has 0 heterocycles. The van der Waals surface area contributed by atoms with Crippen molar-refractivity contribution in [3.8, 4) is 0 Å². The van der Waals surface area contributed by atoms with Gasteiger partial charge < -0.3 is 20.7 Å². The quantitative estimate of drug-likeness (QED) is 0.758. The van der Waals surface area contributed by atoms with E-state index in [1.807, 2.05) is 13.8 Å². The third kappa shape index (κ3) is 3.27. The summed E-state index contributed by atoms with van der Waals surface area (Å²) in [6.07, 6.45) is 0.790. The van der Waals surface area contributed by atoms with Gasteiger partial charge >= 0.3 is 0 Å². The summed E-state index contributed by atoms with van der Waals surface area (Å²) in [5.74, 6) is -0.354. The molecule has 0 bridgehead atoms. The molecule has 6 heteroatoms. The van der Waals surface area contributed by atoms with Gasteiger partial charge in [-0.05, 0) is 19.3 Å². The van der Waals surface area contributed by atoms with Crippen LogP contribution in [-0.2, 0) is 14.3 Å². The van der Waals surface area contributed by atoms with Crippen molar-refractivity contribution in [3.05, 3.63) is 0 Å². The monoisotopic (exact) mass is 313 g/mol. The topological polar surface area (TPSA) is 84.7 Å². The van der Waals surface area contributed by atoms with Crippen molar-refractivity contribution in [2.24, 2.45) is 17.1 Å². The van der Waals surface area contributed by atoms with E-state index in [4.69, 9.17) is 10.5 Å². The van der Waals surface area contributed by atoms with Gasteiger partial charge in [0.05, 0.1) is 18.2 Å². The van der Waals surface area contributed by atoms with Gasteiger partial charge in [0.2, 0.25) is 11.8 Å². The lowest BCUT2D eigenvalue weighted by molar-refractivity contribution is -0.207. The van der Waals surface area contributed by atoms with Crippen LogP contribution in [0.1, 0.15) is 41.0 Å². The van der Waals surface area contributed by atoms with Gasteiger partial charge in [-0.15, -0.1) is 0 Å². The summed E-state index contributed by atoms with van der Waals surface area (Å²) in [4.78, 5) is 25.8. The van der Waals surface area contributed by atoms with Crippen molar-refractivity contribution in [1.29, 1.82) is 0 Å². The van der Waals surface area contributed by atoms with Gasteiger partial charge in [0.25, 0.3) is 0 Å². The Morgan fingerprint density at radius 3 is 2.32 bits per heavy atom. The summed E-state index contributed by atoms with van der Waals surface area (Å²) in [5, 5.41) is 2.62. The van der Waals surface area contributed by atoms with Crippen LogP contribution in [-0.4, -0.2) is 55.1 Å². The van der Waals surface area contributed by atoms with Crippen LogP contribution >= 0.6 is 0 Å². The lowest BCUT2D eigenvalue weighted by Gasteiger charge is -2.61. The molecule has 0 spiro atoms. The Labute approximate surface area is 133 Å². The van der Waals surface area contributed by atoms with Crippen molar-refractivity contribution in [2.75, 3.05) is 20.7 Å². The molecule has 1 aliphatic carbocycles. The highest BCUT2D eigenvalue weighted by molar-refractivity contribution is 5.87. The SMILES string of the molecule is COC1(C)CC(N(C)C(=O)CNC(=O)[C@@H](N)C(C)C)C1(C)C. The number of methoxy groups -OCH3 is 1. The molecule has 3 N–H and O–H groups in total. The van der Waals surface area contributed by atoms with Crippen molar-refractivity contribution >= 4 is 11.8 Å². The van der Waals surface area contributed by atoms with Crippen LogP contribution in [0, 0.1) is 11.3 Å². The van der Waals surface area contributed by atoms with E-state index in [2.05, 4.69) is 26.1 Å². The molecular formula is C16H31N3O3. The molecule has 128 valence electrons. The second-order valence-electron chi connectivity index (χ2n) is 7.37. The molecule has 0 aliphatic heterocycles. The molecule has 1 saturated carbocycles. The summed E-state index contributed by atoms with van der Waals surface area (Å²) >= 11 is 0. The fourth-order valence-electron chi connectivity index (χ4n) is 2.96. The van der Waals surface area contributed by atoms with Gasteiger partial charge in [0.15, 0.2) is 0 Å². The van der Waals surface area contributed by atoms with Crippen molar-refractivity contribution in [1.82, 2.24) is 10.2 Å². The zero-order chi connectivity index (χ0) is 17.3. The average molecular weight is 313 g/mol. The summed E-state index contributed by atoms with van der Waals surface area (Å²) in [7, 11) is 3.48. The average Bonchev–Trinajstić information content (AvgIpc) is 2.47. The number of nitrogens with two attached hydrogens (primary N) is 1. The molecule has 0 aromatic carbocycles. The van der Waals surface area contributed by atoms with Gasteiger partial charge in [-0.2, -0.15) is 0 Å². The molecule has 6 nitrogen and oxygen atoms in total. The van der Waals surface area contributed by atoms with Gasteiger partial charge in [-0.1, -0.05) is 27.7 Å². The number of hydrogen-bond donors (Lipinski definition) is 2. The maximum atomic E-state index is 12.3. The minimum absolute atomic E-state index is 0.0218. The largest absolute Gasteiger partial charge is 0.378 e. The smallest absolute Gasteiger partial charge is 0.241 e. The number of carbonyl (C=O) groups excluding carboxylic acids is 2. The first kappa shape index (κ1) is 18.9. The van der Waals surface area contributed by atoms with Crippen LogP contribution < -0.4 is 11.1 Å². The van der Waals surface area contributed by atoms with Crippen LogP contribution in [0.5, 0.6) is 0 Å². The molecule has 3 atom stereocenters. The number of nitrogens with one attached hydrogen (secondary N) is 1. The lowest BCUT2D eigenvalue weighted by Crippen LogP contribution is -2.69. The normalized spacial score (nSPS) is 28.0. The van der Waals surface area contributed by atoms with Crippen molar-refractivity contribution in [3.63, 3.8) is 0 Å². The number of amides is 2. The van der Waals surface area contributed by atoms with Crippen LogP contribution in [0.3, 0.4) is 0 Å². The van der Waals surface area contributed by atoms with E-state index in [0.717, 1.165) is 6.42 Å². The highest BCUT2D eigenvalue weighted by atomic mass is 16.5. The fraction of sp³-hybridized carbons (Fsp3) is 0.875. The van der Waals surface area contributed by atoms with E-state index in [-0.39, 0.29) is 41.3 Å². The summed E-state index contributed by atoms with van der Waals surface area (Å²) in [6.45, 7) is 9.99. The maximum absolute atomic E-state index is 12.3. The number of nitrogens with zero attached hydrogens (tertiary/aromatic N) is 1. The second kappa shape index (κ2) is 6.54. The maximum Gasteiger partial charge on any atom is 0.241 e. The molecule has 0 saturated heterocycles. The minimum Gasteiger partial charge on any atom is -0.378 e. The Hall–Kier alpha value is -1.14. The first-order chi connectivity index (χ1) is 9.98. The molecular weight excluding hydrogens is 282 g/mol. The van der Waals surface area contributed by atoms with E-state index in [1.165, 1.54) is 0 Å². The summed E-state index contributed by atoms with van der Waals surface area (Å²) in [6, 6.07) is -0.490. The third-order valence-electron chi connectivity index (χ3n) is 5.53. The molecule has 22 heavy (non-hydrogen) atoms. The molecule has 1 aliphatic rings. The number of carbonyl (C=O) groups is 2. The molecule has 1 rings (SSSR count). The van der Waals surface area contributed by atoms with Gasteiger partial charge in [-0.25, -0.2) is 0 Å². The highest BCUT2D eigenvalue weighted by Gasteiger charge is 2.59. The van der Waals surface area contributed by atoms with Gasteiger partial charge in [-0.3, -0.25) is 9.59 Å². The Morgan fingerprint density at radius 2 is 1.91 bits per heavy atom. The standard InChI is InChI=1S/C16H31N3O3/c1-10(2)13(17)14(21)18-9-12(20)19(6)11-8-16(5,22-7)15(11,3)4/h10-11,13H,8-9,17H2,1-7H3,(H,18,21)/t11?,13-,16?/m0/s1. The number of ether oxygens (including phenoxy) is 1. The number of likely N-dealkylation sites (N-methyl/N-ethyl adjacent to an activating group) is 1. The molecule has 2 unspecified atom stereocenters. The van der Waals surface area contributed by atoms with E-state index >= 15 is 0 Å². The summed E-state index contributed by atoms with van der Waals surface area (Å²) < 4.78 is 5.58. The first-order valence-corrected chi connectivity index (χ1v) is 7.82. The number of hydrogen-bond acceptors (Lipinski definition) is 4. The molecule has 0 radical (unpaired) electrons. The van der Waals surface area contributed by atoms with Crippen LogP contribution in [0.15, 0.2) is 0 Å².